The number of hydrogen-bond acceptors (Lipinski definition) is 7. The molecule has 6 nitrogen and oxygen atoms in total. The molecular weight excluding hydrogens is 348 g/mol. The maximum absolute atomic E-state index is 12.8. The Bertz CT molecular complexity index is 1240. The van der Waals surface area contributed by atoms with Gasteiger partial charge in [-0.25, -0.2) is 0 Å². The summed E-state index contributed by atoms with van der Waals surface area (Å²) >= 11 is 1.44. The fourth-order valence-electron chi connectivity index (χ4n) is 2.55. The first kappa shape index (κ1) is 10.2. The second-order valence-electron chi connectivity index (χ2n) is 5.70. The smallest absolute Gasteiger partial charge is 0.152 e. The van der Waals surface area contributed by atoms with E-state index in [1.807, 2.05) is 25.1 Å². The Labute approximate surface area is 167 Å². The molecule has 26 heavy (non-hydrogen) atoms. The minimum atomic E-state index is -3.19. The summed E-state index contributed by atoms with van der Waals surface area (Å²) in [6, 6.07) is 7.32. The van der Waals surface area contributed by atoms with Gasteiger partial charge in [-0.05, 0) is 24.4 Å². The van der Waals surface area contributed by atoms with Crippen molar-refractivity contribution in [3.05, 3.63) is 41.2 Å². The van der Waals surface area contributed by atoms with E-state index in [4.69, 9.17) is 11.0 Å². The minimum Gasteiger partial charge on any atom is -0.379 e. The van der Waals surface area contributed by atoms with Crippen LogP contribution in [0.5, 0.6) is 0 Å². The van der Waals surface area contributed by atoms with Crippen molar-refractivity contribution >= 4 is 27.9 Å². The molecule has 1 aromatic carbocycles. The zero-order valence-corrected chi connectivity index (χ0v) is 14.6. The topological polar surface area (TPSA) is 68.2 Å². The van der Waals surface area contributed by atoms with Crippen molar-refractivity contribution in [1.29, 1.82) is 0 Å². The highest BCUT2D eigenvalue weighted by Crippen LogP contribution is 2.27. The van der Waals surface area contributed by atoms with Crippen LogP contribution >= 0.6 is 11.3 Å². The number of carbonyl (C=O) groups is 1. The predicted octanol–water partition coefficient (Wildman–Crippen LogP) is 2.51. The molecule has 1 aliphatic rings. The molecule has 0 atom stereocenters. The number of carbonyl (C=O) groups excluding carboxylic acids is 1. The Kier molecular flexibility index (Phi) is 2.97. The quantitative estimate of drug-likeness (QED) is 0.682. The monoisotopic (exact) mass is 376 g/mol. The maximum atomic E-state index is 12.8. The molecule has 0 bridgehead atoms. The maximum Gasteiger partial charge on any atom is 0.152 e. The molecule has 3 aromatic rings. The number of aryl methyl sites for hydroxylation is 1. The van der Waals surface area contributed by atoms with Crippen LogP contribution in [0.1, 0.15) is 21.7 Å². The molecular formula is C19H20N4O2S. The van der Waals surface area contributed by atoms with E-state index in [0.29, 0.717) is 5.69 Å². The van der Waals surface area contributed by atoms with E-state index in [-0.39, 0.29) is 11.3 Å². The number of pyridine rings is 1. The largest absolute Gasteiger partial charge is 0.379 e. The Morgan fingerprint density at radius 1 is 1.27 bits per heavy atom. The molecule has 0 unspecified atom stereocenters. The van der Waals surface area contributed by atoms with Crippen molar-refractivity contribution in [1.82, 2.24) is 20.1 Å². The molecule has 7 heteroatoms. The van der Waals surface area contributed by atoms with Gasteiger partial charge in [0.25, 0.3) is 0 Å². The van der Waals surface area contributed by atoms with Gasteiger partial charge in [-0.3, -0.25) is 14.7 Å². The lowest BCUT2D eigenvalue weighted by Gasteiger charge is -2.25. The van der Waals surface area contributed by atoms with E-state index in [1.54, 1.807) is 12.3 Å². The van der Waals surface area contributed by atoms with Crippen LogP contribution < -0.4 is 0 Å². The van der Waals surface area contributed by atoms with Gasteiger partial charge in [0.05, 0.1) is 31.6 Å². The molecule has 4 rings (SSSR count). The summed E-state index contributed by atoms with van der Waals surface area (Å²) in [5.41, 5.74) is 1.20. The van der Waals surface area contributed by atoms with Gasteiger partial charge in [-0.15, -0.1) is 10.2 Å². The lowest BCUT2D eigenvalue weighted by atomic mass is 10.1. The molecule has 1 saturated heterocycles. The van der Waals surface area contributed by atoms with E-state index in [1.165, 1.54) is 11.3 Å². The molecule has 0 radical (unpaired) electrons. The molecule has 0 spiro atoms. The van der Waals surface area contributed by atoms with Crippen molar-refractivity contribution in [2.75, 3.05) is 32.7 Å². The highest BCUT2D eigenvalue weighted by Gasteiger charge is 2.15. The predicted molar refractivity (Wildman–Crippen MR) is 101 cm³/mol. The Balaban J connectivity index is 1.58. The van der Waals surface area contributed by atoms with E-state index >= 15 is 0 Å². The molecule has 1 aliphatic heterocycles. The van der Waals surface area contributed by atoms with Crippen molar-refractivity contribution < 1.29 is 20.5 Å². The molecule has 2 aromatic heterocycles. The van der Waals surface area contributed by atoms with Crippen LogP contribution in [0.2, 0.25) is 0 Å². The molecule has 3 heterocycles. The average Bonchev–Trinajstić information content (AvgIpc) is 3.16. The Morgan fingerprint density at radius 3 is 2.88 bits per heavy atom. The van der Waals surface area contributed by atoms with Crippen molar-refractivity contribution in [3.8, 4) is 10.6 Å². The molecule has 1 fully saturated rings. The molecule has 0 saturated carbocycles. The molecule has 134 valence electrons. The Morgan fingerprint density at radius 2 is 2.12 bits per heavy atom. The van der Waals surface area contributed by atoms with E-state index in [2.05, 4.69) is 19.9 Å². The van der Waals surface area contributed by atoms with Crippen LogP contribution in [0, 0.1) is 6.92 Å². The fourth-order valence-corrected chi connectivity index (χ4v) is 3.24. The highest BCUT2D eigenvalue weighted by atomic mass is 32.1. The van der Waals surface area contributed by atoms with Crippen molar-refractivity contribution in [2.24, 2.45) is 0 Å². The van der Waals surface area contributed by atoms with E-state index in [0.717, 1.165) is 26.4 Å². The number of nitrogens with zero attached hydrogens (tertiary/aromatic N) is 4. The van der Waals surface area contributed by atoms with Gasteiger partial charge in [-0.2, -0.15) is 0 Å². The van der Waals surface area contributed by atoms with Gasteiger partial charge in [0, 0.05) is 41.3 Å². The number of hydrogen-bond donors (Lipinski definition) is 0. The normalized spacial score (nSPS) is 27.7. The minimum absolute atomic E-state index is 0.239. The third kappa shape index (κ3) is 3.95. The second kappa shape index (κ2) is 7.57. The van der Waals surface area contributed by atoms with Gasteiger partial charge in [-0.1, -0.05) is 23.5 Å². The third-order valence-electron chi connectivity index (χ3n) is 3.73. The van der Waals surface area contributed by atoms with Crippen LogP contribution in [0.15, 0.2) is 30.5 Å². The Hall–Kier alpha value is -2.22. The first-order valence-corrected chi connectivity index (χ1v) is 8.64. The number of rotatable bonds is 5. The van der Waals surface area contributed by atoms with Crippen LogP contribution in [-0.2, 0) is 16.0 Å². The van der Waals surface area contributed by atoms with Gasteiger partial charge in [0.2, 0.25) is 0 Å². The van der Waals surface area contributed by atoms with E-state index in [9.17, 15) is 4.79 Å². The van der Waals surface area contributed by atoms with Crippen molar-refractivity contribution in [2.45, 2.75) is 13.3 Å². The molecule has 0 amide bonds. The summed E-state index contributed by atoms with van der Waals surface area (Å²) in [6.45, 7) is -11.6. The second-order valence-corrected chi connectivity index (χ2v) is 6.88. The number of ketones is 1. The standard InChI is InChI=1S/C19H20N4O2S/c1-13-21-22-19(26-13)14-2-3-15-11-20-17(9-16(15)8-14)10-18(24)12-23-4-6-25-7-5-23/h2-3,8-9,11H,4-7,10,12H2,1H3/i4D2,5D2,6D2,7D2. The highest BCUT2D eigenvalue weighted by molar-refractivity contribution is 7.14. The van der Waals surface area contributed by atoms with Gasteiger partial charge in [0.1, 0.15) is 10.0 Å². The zero-order valence-electron chi connectivity index (χ0n) is 21.8. The van der Waals surface area contributed by atoms with Gasteiger partial charge in [0.15, 0.2) is 5.78 Å². The molecule has 0 aliphatic carbocycles. The molecule has 0 N–H and O–H groups in total. The summed E-state index contributed by atoms with van der Waals surface area (Å²) in [6.07, 6.45) is 1.30. The summed E-state index contributed by atoms with van der Waals surface area (Å²) in [5, 5.41) is 11.3. The van der Waals surface area contributed by atoms with Crippen LogP contribution in [-0.4, -0.2) is 58.5 Å². The summed E-state index contributed by atoms with van der Waals surface area (Å²) in [4.78, 5) is 17.3. The summed E-state index contributed by atoms with van der Waals surface area (Å²) < 4.78 is 67.4. The first-order valence-electron chi connectivity index (χ1n) is 11.8. The third-order valence-corrected chi connectivity index (χ3v) is 4.62. The zero-order chi connectivity index (χ0) is 25.1. The fraction of sp³-hybridized carbons (Fsp3) is 0.368. The summed E-state index contributed by atoms with van der Waals surface area (Å²) in [5.74, 6) is -0.663. The SMILES string of the molecule is [2H]C1([2H])OC([2H])([2H])C([2H])([2H])N(CC(=O)Cc2cc3cc(-c4nnc(C)s4)ccc3cn2)C1([2H])[2H]. The van der Waals surface area contributed by atoms with Crippen LogP contribution in [0.25, 0.3) is 21.3 Å². The van der Waals surface area contributed by atoms with Crippen LogP contribution in [0.4, 0.5) is 0 Å². The number of Topliss-reactive ketones (excluding diaryl/α,β-unsaturated/α-hetero) is 1. The number of fused-ring (bicyclic) bond motifs is 1. The van der Waals surface area contributed by atoms with E-state index < -0.39 is 38.4 Å². The van der Waals surface area contributed by atoms with Crippen LogP contribution in [0.3, 0.4) is 0 Å². The van der Waals surface area contributed by atoms with Crippen molar-refractivity contribution in [3.63, 3.8) is 0 Å². The number of benzene rings is 1. The van der Waals surface area contributed by atoms with Gasteiger partial charge >= 0.3 is 0 Å². The number of morpholine rings is 1. The average molecular weight is 377 g/mol. The lowest BCUT2D eigenvalue weighted by Crippen LogP contribution is -2.39. The first-order chi connectivity index (χ1) is 15.6. The summed E-state index contributed by atoms with van der Waals surface area (Å²) in [7, 11) is 0. The number of aromatic nitrogens is 3. The van der Waals surface area contributed by atoms with Gasteiger partial charge < -0.3 is 4.74 Å². The lowest BCUT2D eigenvalue weighted by molar-refractivity contribution is -0.120. The number of ether oxygens (including phenoxy) is 1.